The van der Waals surface area contributed by atoms with E-state index in [-0.39, 0.29) is 23.8 Å². The molecule has 0 aliphatic carbocycles. The van der Waals surface area contributed by atoms with E-state index in [1.807, 2.05) is 4.90 Å². The van der Waals surface area contributed by atoms with Crippen LogP contribution in [0.25, 0.3) is 0 Å². The monoisotopic (exact) mass is 380 g/mol. The molecule has 0 radical (unpaired) electrons. The molecular formula is C20H36N4O3. The van der Waals surface area contributed by atoms with Gasteiger partial charge in [0.25, 0.3) is 0 Å². The Morgan fingerprint density at radius 3 is 2.44 bits per heavy atom. The molecule has 2 amide bonds. The summed E-state index contributed by atoms with van der Waals surface area (Å²) in [5, 5.41) is 17.5. The second-order valence-corrected chi connectivity index (χ2v) is 8.68. The lowest BCUT2D eigenvalue weighted by Crippen LogP contribution is -2.50. The zero-order valence-electron chi connectivity index (χ0n) is 16.7. The highest BCUT2D eigenvalue weighted by Gasteiger charge is 2.35. The zero-order valence-corrected chi connectivity index (χ0v) is 16.7. The average Bonchev–Trinajstić information content (AvgIpc) is 2.85. The second-order valence-electron chi connectivity index (χ2n) is 8.68. The maximum absolute atomic E-state index is 12.8. The highest BCUT2D eigenvalue weighted by molar-refractivity contribution is 5.79. The van der Waals surface area contributed by atoms with E-state index in [0.29, 0.717) is 19.5 Å². The van der Waals surface area contributed by atoms with Crippen molar-refractivity contribution in [2.45, 2.75) is 63.5 Å². The van der Waals surface area contributed by atoms with Crippen LogP contribution in [0.1, 0.15) is 51.9 Å². The van der Waals surface area contributed by atoms with E-state index in [1.54, 1.807) is 6.92 Å². The Labute approximate surface area is 162 Å². The molecule has 3 aliphatic heterocycles. The smallest absolute Gasteiger partial charge is 0.225 e. The molecule has 0 unspecified atom stereocenters. The third-order valence-corrected chi connectivity index (χ3v) is 6.43. The zero-order chi connectivity index (χ0) is 19.3. The topological polar surface area (TPSA) is 84.9 Å². The molecule has 3 rings (SSSR count). The minimum atomic E-state index is -0.704. The highest BCUT2D eigenvalue weighted by Crippen LogP contribution is 2.27. The first kappa shape index (κ1) is 20.6. The number of piperidine rings is 2. The van der Waals surface area contributed by atoms with Gasteiger partial charge in [0.1, 0.15) is 0 Å². The molecule has 0 spiro atoms. The van der Waals surface area contributed by atoms with Crippen molar-refractivity contribution in [3.8, 4) is 0 Å². The van der Waals surface area contributed by atoms with Gasteiger partial charge in [0, 0.05) is 51.6 Å². The van der Waals surface area contributed by atoms with E-state index in [1.165, 1.54) is 0 Å². The summed E-state index contributed by atoms with van der Waals surface area (Å²) in [6.07, 6.45) is 6.04. The predicted molar refractivity (Wildman–Crippen MR) is 104 cm³/mol. The number of rotatable bonds is 4. The van der Waals surface area contributed by atoms with Gasteiger partial charge in [-0.05, 0) is 58.0 Å². The summed E-state index contributed by atoms with van der Waals surface area (Å²) in [6, 6.07) is 0.264. The number of amides is 2. The van der Waals surface area contributed by atoms with Crippen LogP contribution in [0.4, 0.5) is 0 Å². The first-order valence-corrected chi connectivity index (χ1v) is 10.7. The third-order valence-electron chi connectivity index (χ3n) is 6.43. The molecule has 3 aliphatic rings. The van der Waals surface area contributed by atoms with Crippen molar-refractivity contribution in [3.63, 3.8) is 0 Å². The van der Waals surface area contributed by atoms with Crippen molar-refractivity contribution >= 4 is 11.8 Å². The fraction of sp³-hybridized carbons (Fsp3) is 0.900. The molecule has 0 aromatic rings. The molecule has 3 heterocycles. The standard InChI is InChI=1S/C20H36N4O3/c1-16(25)22-18-5-12-23(13-6-18)15-20(27)7-2-11-24(14-8-20)19(26)17-3-9-21-10-4-17/h17-18,21,27H,2-15H2,1H3,(H,22,25)/t20-/m0/s1. The van der Waals surface area contributed by atoms with Gasteiger partial charge in [0.15, 0.2) is 0 Å². The summed E-state index contributed by atoms with van der Waals surface area (Å²) >= 11 is 0. The van der Waals surface area contributed by atoms with Crippen molar-refractivity contribution in [1.29, 1.82) is 0 Å². The number of likely N-dealkylation sites (tertiary alicyclic amines) is 2. The quantitative estimate of drug-likeness (QED) is 0.655. The normalized spacial score (nSPS) is 29.3. The van der Waals surface area contributed by atoms with Gasteiger partial charge in [-0.25, -0.2) is 0 Å². The van der Waals surface area contributed by atoms with Crippen LogP contribution in [-0.4, -0.2) is 84.2 Å². The van der Waals surface area contributed by atoms with E-state index in [2.05, 4.69) is 15.5 Å². The number of hydrogen-bond acceptors (Lipinski definition) is 5. The first-order chi connectivity index (χ1) is 13.0. The Hall–Kier alpha value is -1.18. The lowest BCUT2D eigenvalue weighted by atomic mass is 9.92. The maximum atomic E-state index is 12.8. The van der Waals surface area contributed by atoms with Gasteiger partial charge in [-0.2, -0.15) is 0 Å². The molecule has 3 saturated heterocycles. The Bertz CT molecular complexity index is 515. The van der Waals surface area contributed by atoms with E-state index in [9.17, 15) is 14.7 Å². The number of hydrogen-bond donors (Lipinski definition) is 3. The van der Waals surface area contributed by atoms with Crippen LogP contribution in [0.5, 0.6) is 0 Å². The second kappa shape index (κ2) is 9.34. The number of nitrogens with zero attached hydrogens (tertiary/aromatic N) is 2. The average molecular weight is 381 g/mol. The largest absolute Gasteiger partial charge is 0.388 e. The molecule has 7 heteroatoms. The molecule has 0 bridgehead atoms. The van der Waals surface area contributed by atoms with E-state index < -0.39 is 5.60 Å². The summed E-state index contributed by atoms with van der Waals surface area (Å²) in [6.45, 7) is 7.37. The van der Waals surface area contributed by atoms with Crippen molar-refractivity contribution in [1.82, 2.24) is 20.4 Å². The minimum absolute atomic E-state index is 0.0364. The Balaban J connectivity index is 1.46. The lowest BCUT2D eigenvalue weighted by molar-refractivity contribution is -0.136. The molecular weight excluding hydrogens is 344 g/mol. The molecule has 3 N–H and O–H groups in total. The molecule has 3 fully saturated rings. The first-order valence-electron chi connectivity index (χ1n) is 10.7. The lowest BCUT2D eigenvalue weighted by Gasteiger charge is -2.38. The van der Waals surface area contributed by atoms with Crippen LogP contribution >= 0.6 is 0 Å². The molecule has 0 aromatic heterocycles. The number of carbonyl (C=O) groups excluding carboxylic acids is 2. The number of aliphatic hydroxyl groups is 1. The number of carbonyl (C=O) groups is 2. The fourth-order valence-electron chi connectivity index (χ4n) is 4.82. The van der Waals surface area contributed by atoms with Crippen LogP contribution in [-0.2, 0) is 9.59 Å². The summed E-state index contributed by atoms with van der Waals surface area (Å²) in [7, 11) is 0. The van der Waals surface area contributed by atoms with Crippen LogP contribution in [0, 0.1) is 5.92 Å². The Morgan fingerprint density at radius 1 is 1.07 bits per heavy atom. The van der Waals surface area contributed by atoms with Gasteiger partial charge >= 0.3 is 0 Å². The van der Waals surface area contributed by atoms with Crippen LogP contribution in [0.2, 0.25) is 0 Å². The summed E-state index contributed by atoms with van der Waals surface area (Å²) < 4.78 is 0. The predicted octanol–water partition coefficient (Wildman–Crippen LogP) is 0.330. The summed E-state index contributed by atoms with van der Waals surface area (Å²) in [5.74, 6) is 0.483. The third kappa shape index (κ3) is 5.90. The van der Waals surface area contributed by atoms with Crippen molar-refractivity contribution in [2.75, 3.05) is 45.8 Å². The van der Waals surface area contributed by atoms with Crippen molar-refractivity contribution < 1.29 is 14.7 Å². The fourth-order valence-corrected chi connectivity index (χ4v) is 4.82. The van der Waals surface area contributed by atoms with Gasteiger partial charge in [-0.3, -0.25) is 9.59 Å². The van der Waals surface area contributed by atoms with E-state index >= 15 is 0 Å². The summed E-state index contributed by atoms with van der Waals surface area (Å²) in [5.41, 5.74) is -0.704. The van der Waals surface area contributed by atoms with Gasteiger partial charge in [-0.15, -0.1) is 0 Å². The van der Waals surface area contributed by atoms with Crippen molar-refractivity contribution in [3.05, 3.63) is 0 Å². The van der Waals surface area contributed by atoms with E-state index in [4.69, 9.17) is 0 Å². The molecule has 1 atom stereocenters. The van der Waals surface area contributed by atoms with Gasteiger partial charge in [-0.1, -0.05) is 0 Å². The minimum Gasteiger partial charge on any atom is -0.388 e. The molecule has 0 saturated carbocycles. The molecule has 154 valence electrons. The Kier molecular flexibility index (Phi) is 7.11. The Morgan fingerprint density at radius 2 is 1.78 bits per heavy atom. The van der Waals surface area contributed by atoms with E-state index in [0.717, 1.165) is 71.2 Å². The van der Waals surface area contributed by atoms with Gasteiger partial charge < -0.3 is 25.5 Å². The van der Waals surface area contributed by atoms with Crippen LogP contribution in [0.3, 0.4) is 0 Å². The van der Waals surface area contributed by atoms with Crippen LogP contribution in [0.15, 0.2) is 0 Å². The number of β-amino-alcohol motifs (C(OH)–C–C–N with tert-alkyl or cyclic N) is 1. The number of nitrogens with one attached hydrogen (secondary N) is 2. The van der Waals surface area contributed by atoms with Gasteiger partial charge in [0.2, 0.25) is 11.8 Å². The SMILES string of the molecule is CC(=O)NC1CCN(C[C@]2(O)CCCN(C(=O)C3CCNCC3)CC2)CC1. The molecule has 27 heavy (non-hydrogen) atoms. The molecule has 7 nitrogen and oxygen atoms in total. The van der Waals surface area contributed by atoms with Crippen molar-refractivity contribution in [2.24, 2.45) is 5.92 Å². The van der Waals surface area contributed by atoms with Gasteiger partial charge in [0.05, 0.1) is 5.60 Å². The maximum Gasteiger partial charge on any atom is 0.225 e. The highest BCUT2D eigenvalue weighted by atomic mass is 16.3. The summed E-state index contributed by atoms with van der Waals surface area (Å²) in [4.78, 5) is 28.3. The molecule has 0 aromatic carbocycles. The van der Waals surface area contributed by atoms with Crippen LogP contribution < -0.4 is 10.6 Å².